The Hall–Kier alpha value is -1.51. The molecule has 0 saturated carbocycles. The fourth-order valence-corrected chi connectivity index (χ4v) is 2.91. The summed E-state index contributed by atoms with van der Waals surface area (Å²) >= 11 is 12.0. The number of hydrogen-bond donors (Lipinski definition) is 0. The maximum Gasteiger partial charge on any atom is 0.164 e. The molecule has 0 unspecified atom stereocenters. The van der Waals surface area contributed by atoms with Crippen molar-refractivity contribution in [2.75, 3.05) is 6.61 Å². The van der Waals surface area contributed by atoms with E-state index in [-0.39, 0.29) is 5.78 Å². The van der Waals surface area contributed by atoms with Gasteiger partial charge in [0, 0.05) is 18.4 Å². The molecule has 1 heterocycles. The summed E-state index contributed by atoms with van der Waals surface area (Å²) in [6.07, 6.45) is 2.05. The zero-order valence-corrected chi connectivity index (χ0v) is 12.9. The largest absolute Gasteiger partial charge is 0.493 e. The van der Waals surface area contributed by atoms with Crippen molar-refractivity contribution in [3.05, 3.63) is 63.1 Å². The lowest BCUT2D eigenvalue weighted by Crippen LogP contribution is -2.02. The van der Waals surface area contributed by atoms with Gasteiger partial charge in [0.1, 0.15) is 5.75 Å². The molecule has 0 atom stereocenters. The molecule has 0 aliphatic carbocycles. The van der Waals surface area contributed by atoms with Gasteiger partial charge in [-0.25, -0.2) is 0 Å². The lowest BCUT2D eigenvalue weighted by Gasteiger charge is -2.06. The van der Waals surface area contributed by atoms with Crippen LogP contribution in [0.15, 0.2) is 36.4 Å². The van der Waals surface area contributed by atoms with Crippen molar-refractivity contribution in [3.8, 4) is 5.75 Å². The highest BCUT2D eigenvalue weighted by atomic mass is 35.5. The number of Topliss-reactive ketones (excluding diaryl/α,β-unsaturated/α-hetero) is 1. The van der Waals surface area contributed by atoms with E-state index in [4.69, 9.17) is 27.9 Å². The lowest BCUT2D eigenvalue weighted by atomic mass is 10.0. The molecule has 108 valence electrons. The van der Waals surface area contributed by atoms with Gasteiger partial charge in [0.25, 0.3) is 0 Å². The number of benzene rings is 2. The van der Waals surface area contributed by atoms with E-state index in [1.165, 1.54) is 5.56 Å². The van der Waals surface area contributed by atoms with Gasteiger partial charge in [-0.3, -0.25) is 4.79 Å². The van der Waals surface area contributed by atoms with Crippen molar-refractivity contribution in [1.29, 1.82) is 0 Å². The van der Waals surface area contributed by atoms with Crippen LogP contribution in [0.2, 0.25) is 10.0 Å². The summed E-state index contributed by atoms with van der Waals surface area (Å²) in [6.45, 7) is 0.746. The second kappa shape index (κ2) is 6.08. The van der Waals surface area contributed by atoms with E-state index < -0.39 is 0 Å². The zero-order valence-electron chi connectivity index (χ0n) is 11.4. The van der Waals surface area contributed by atoms with Crippen LogP contribution in [0.5, 0.6) is 5.75 Å². The van der Waals surface area contributed by atoms with Crippen molar-refractivity contribution in [2.24, 2.45) is 0 Å². The van der Waals surface area contributed by atoms with Crippen LogP contribution < -0.4 is 4.74 Å². The number of ether oxygens (including phenoxy) is 1. The van der Waals surface area contributed by atoms with Gasteiger partial charge in [-0.1, -0.05) is 41.4 Å². The van der Waals surface area contributed by atoms with Crippen LogP contribution >= 0.6 is 23.2 Å². The summed E-state index contributed by atoms with van der Waals surface area (Å²) in [5, 5.41) is 0.753. The van der Waals surface area contributed by atoms with Crippen molar-refractivity contribution in [3.63, 3.8) is 0 Å². The first-order valence-corrected chi connectivity index (χ1v) is 7.62. The van der Waals surface area contributed by atoms with E-state index in [0.717, 1.165) is 24.3 Å². The molecule has 0 spiro atoms. The predicted molar refractivity (Wildman–Crippen MR) is 84.8 cm³/mol. The number of hydrogen-bond acceptors (Lipinski definition) is 2. The summed E-state index contributed by atoms with van der Waals surface area (Å²) < 4.78 is 5.48. The van der Waals surface area contributed by atoms with Gasteiger partial charge in [-0.05, 0) is 35.7 Å². The van der Waals surface area contributed by atoms with Gasteiger partial charge in [0.05, 0.1) is 16.7 Å². The van der Waals surface area contributed by atoms with Crippen molar-refractivity contribution in [1.82, 2.24) is 0 Å². The number of ketones is 1. The molecule has 0 N–H and O–H groups in total. The second-order valence-corrected chi connectivity index (χ2v) is 5.85. The Kier molecular flexibility index (Phi) is 4.18. The molecule has 4 heteroatoms. The Labute approximate surface area is 133 Å². The highest BCUT2D eigenvalue weighted by Gasteiger charge is 2.15. The van der Waals surface area contributed by atoms with Gasteiger partial charge < -0.3 is 4.74 Å². The number of aryl methyl sites for hydroxylation is 1. The molecule has 1 aliphatic rings. The molecule has 0 fully saturated rings. The maximum absolute atomic E-state index is 12.3. The van der Waals surface area contributed by atoms with Crippen LogP contribution in [-0.2, 0) is 12.8 Å². The molecule has 0 radical (unpaired) electrons. The topological polar surface area (TPSA) is 26.3 Å². The normalized spacial score (nSPS) is 12.9. The van der Waals surface area contributed by atoms with E-state index in [9.17, 15) is 4.79 Å². The Morgan fingerprint density at radius 1 is 1.19 bits per heavy atom. The molecule has 2 aromatic rings. The van der Waals surface area contributed by atoms with Gasteiger partial charge in [0.2, 0.25) is 0 Å². The van der Waals surface area contributed by atoms with Crippen molar-refractivity contribution < 1.29 is 9.53 Å². The van der Waals surface area contributed by atoms with Gasteiger partial charge >= 0.3 is 0 Å². The van der Waals surface area contributed by atoms with E-state index in [1.807, 2.05) is 12.1 Å². The Morgan fingerprint density at radius 2 is 2.05 bits per heavy atom. The lowest BCUT2D eigenvalue weighted by molar-refractivity contribution is 0.0983. The Morgan fingerprint density at radius 3 is 2.90 bits per heavy atom. The third kappa shape index (κ3) is 3.07. The quantitative estimate of drug-likeness (QED) is 0.760. The standard InChI is InChI=1S/C17H14Cl2O2/c18-14-3-1-2-13(17(14)19)15(20)6-4-11-5-7-16-12(10-11)8-9-21-16/h1-3,5,7,10H,4,6,8-9H2. The summed E-state index contributed by atoms with van der Waals surface area (Å²) in [7, 11) is 0. The molecule has 2 nitrogen and oxygen atoms in total. The minimum Gasteiger partial charge on any atom is -0.493 e. The zero-order chi connectivity index (χ0) is 14.8. The van der Waals surface area contributed by atoms with Gasteiger partial charge in [-0.15, -0.1) is 0 Å². The van der Waals surface area contributed by atoms with Crippen LogP contribution in [-0.4, -0.2) is 12.4 Å². The number of carbonyl (C=O) groups is 1. The maximum atomic E-state index is 12.3. The van der Waals surface area contributed by atoms with E-state index in [2.05, 4.69) is 6.07 Å². The summed E-state index contributed by atoms with van der Waals surface area (Å²) in [5.41, 5.74) is 2.86. The van der Waals surface area contributed by atoms with E-state index in [0.29, 0.717) is 28.5 Å². The molecule has 21 heavy (non-hydrogen) atoms. The van der Waals surface area contributed by atoms with Crippen LogP contribution in [0.3, 0.4) is 0 Å². The third-order valence-electron chi connectivity index (χ3n) is 3.65. The molecule has 3 rings (SSSR count). The highest BCUT2D eigenvalue weighted by Crippen LogP contribution is 2.28. The van der Waals surface area contributed by atoms with Crippen molar-refractivity contribution >= 4 is 29.0 Å². The second-order valence-electron chi connectivity index (χ2n) is 5.07. The Balaban J connectivity index is 1.70. The predicted octanol–water partition coefficient (Wildman–Crippen LogP) is 4.74. The van der Waals surface area contributed by atoms with Crippen molar-refractivity contribution in [2.45, 2.75) is 19.3 Å². The fraction of sp³-hybridized carbons (Fsp3) is 0.235. The minimum atomic E-state index is 0.0132. The van der Waals surface area contributed by atoms with Crippen LogP contribution in [0.1, 0.15) is 27.9 Å². The number of halogens is 2. The first-order chi connectivity index (χ1) is 10.1. The first-order valence-electron chi connectivity index (χ1n) is 6.87. The average Bonchev–Trinajstić information content (AvgIpc) is 2.95. The third-order valence-corrected chi connectivity index (χ3v) is 4.47. The number of rotatable bonds is 4. The van der Waals surface area contributed by atoms with Crippen LogP contribution in [0, 0.1) is 0 Å². The first kappa shape index (κ1) is 14.4. The summed E-state index contributed by atoms with van der Waals surface area (Å²) in [4.78, 5) is 12.3. The minimum absolute atomic E-state index is 0.0132. The fourth-order valence-electron chi connectivity index (χ4n) is 2.51. The molecular formula is C17H14Cl2O2. The van der Waals surface area contributed by atoms with Gasteiger partial charge in [-0.2, -0.15) is 0 Å². The summed E-state index contributed by atoms with van der Waals surface area (Å²) in [5.74, 6) is 0.974. The number of carbonyl (C=O) groups excluding carboxylic acids is 1. The Bertz CT molecular complexity index is 695. The molecule has 2 aromatic carbocycles. The smallest absolute Gasteiger partial charge is 0.164 e. The van der Waals surface area contributed by atoms with Crippen LogP contribution in [0.25, 0.3) is 0 Å². The average molecular weight is 321 g/mol. The number of fused-ring (bicyclic) bond motifs is 1. The van der Waals surface area contributed by atoms with E-state index >= 15 is 0 Å². The summed E-state index contributed by atoms with van der Waals surface area (Å²) in [6, 6.07) is 11.3. The molecule has 0 amide bonds. The van der Waals surface area contributed by atoms with Gasteiger partial charge in [0.15, 0.2) is 5.78 Å². The highest BCUT2D eigenvalue weighted by molar-refractivity contribution is 6.43. The SMILES string of the molecule is O=C(CCc1ccc2c(c1)CCO2)c1cccc(Cl)c1Cl. The van der Waals surface area contributed by atoms with Crippen LogP contribution in [0.4, 0.5) is 0 Å². The molecule has 0 aromatic heterocycles. The molecule has 0 bridgehead atoms. The monoisotopic (exact) mass is 320 g/mol. The molecule has 0 saturated heterocycles. The molecular weight excluding hydrogens is 307 g/mol. The molecule has 1 aliphatic heterocycles. The van der Waals surface area contributed by atoms with E-state index in [1.54, 1.807) is 18.2 Å².